The van der Waals surface area contributed by atoms with Crippen molar-refractivity contribution in [2.75, 3.05) is 24.5 Å². The molecule has 0 radical (unpaired) electrons. The fourth-order valence-electron chi connectivity index (χ4n) is 3.71. The molecule has 0 saturated heterocycles. The fourth-order valence-corrected chi connectivity index (χ4v) is 4.55. The van der Waals surface area contributed by atoms with Gasteiger partial charge in [-0.05, 0) is 42.1 Å². The van der Waals surface area contributed by atoms with E-state index >= 15 is 0 Å². The van der Waals surface area contributed by atoms with Gasteiger partial charge in [0.15, 0.2) is 0 Å². The van der Waals surface area contributed by atoms with Gasteiger partial charge in [-0.1, -0.05) is 42.5 Å². The van der Waals surface area contributed by atoms with E-state index in [0.29, 0.717) is 13.1 Å². The summed E-state index contributed by atoms with van der Waals surface area (Å²) in [6.45, 7) is 3.79. The Hall–Kier alpha value is -3.05. The molecule has 1 atom stereocenters. The highest BCUT2D eigenvalue weighted by Crippen LogP contribution is 2.32. The van der Waals surface area contributed by atoms with Crippen molar-refractivity contribution >= 4 is 33.8 Å². The van der Waals surface area contributed by atoms with Gasteiger partial charge in [0.25, 0.3) is 0 Å². The quantitative estimate of drug-likeness (QED) is 0.435. The van der Waals surface area contributed by atoms with E-state index in [4.69, 9.17) is 0 Å². The van der Waals surface area contributed by atoms with Crippen molar-refractivity contribution < 1.29 is 4.79 Å². The van der Waals surface area contributed by atoms with Crippen molar-refractivity contribution in [1.29, 1.82) is 0 Å². The van der Waals surface area contributed by atoms with Crippen LogP contribution in [0.3, 0.4) is 0 Å². The van der Waals surface area contributed by atoms with Gasteiger partial charge in [-0.2, -0.15) is 0 Å². The lowest BCUT2D eigenvalue weighted by molar-refractivity contribution is -0.119. The van der Waals surface area contributed by atoms with Gasteiger partial charge in [-0.25, -0.2) is 0 Å². The molecule has 1 unspecified atom stereocenters. The Morgan fingerprint density at radius 2 is 1.86 bits per heavy atom. The van der Waals surface area contributed by atoms with E-state index < -0.39 is 0 Å². The molecule has 0 aliphatic carbocycles. The molecule has 0 aliphatic rings. The Morgan fingerprint density at radius 3 is 2.62 bits per heavy atom. The Bertz CT molecular complexity index is 1060. The first-order valence-electron chi connectivity index (χ1n) is 9.92. The maximum Gasteiger partial charge on any atom is 0.239 e. The molecule has 0 saturated carbocycles. The molecule has 5 heteroatoms. The highest BCUT2D eigenvalue weighted by atomic mass is 32.1. The number of aromatic nitrogens is 1. The zero-order valence-electron chi connectivity index (χ0n) is 16.5. The van der Waals surface area contributed by atoms with Crippen molar-refractivity contribution in [3.05, 3.63) is 88.7 Å². The number of aromatic amines is 1. The number of benzene rings is 2. The second-order valence-corrected chi connectivity index (χ2v) is 7.99. The number of rotatable bonds is 8. The Balaban J connectivity index is 1.50. The number of nitrogens with zero attached hydrogens (tertiary/aromatic N) is 1. The number of para-hydroxylation sites is 2. The van der Waals surface area contributed by atoms with E-state index in [2.05, 4.69) is 64.0 Å². The monoisotopic (exact) mass is 403 g/mol. The van der Waals surface area contributed by atoms with Crippen molar-refractivity contribution in [3.63, 3.8) is 0 Å². The number of H-pyrrole nitrogens is 1. The molecule has 4 aromatic rings. The SMILES string of the molecule is CCN(CC(=O)NCC(c1cccs1)c1c[nH]c2ccccc12)c1ccccc1. The first-order valence-corrected chi connectivity index (χ1v) is 10.8. The molecule has 1 amide bonds. The third-order valence-electron chi connectivity index (χ3n) is 5.22. The minimum atomic E-state index is 0.0390. The average molecular weight is 404 g/mol. The van der Waals surface area contributed by atoms with Gasteiger partial charge >= 0.3 is 0 Å². The molecule has 0 fully saturated rings. The van der Waals surface area contributed by atoms with E-state index in [1.807, 2.05) is 36.4 Å². The number of amides is 1. The van der Waals surface area contributed by atoms with Crippen LogP contribution in [0.5, 0.6) is 0 Å². The molecule has 0 aliphatic heterocycles. The number of nitrogens with one attached hydrogen (secondary N) is 2. The van der Waals surface area contributed by atoms with Gasteiger partial charge in [0.1, 0.15) is 0 Å². The summed E-state index contributed by atoms with van der Waals surface area (Å²) >= 11 is 1.73. The predicted molar refractivity (Wildman–Crippen MR) is 122 cm³/mol. The van der Waals surface area contributed by atoms with Crippen LogP contribution < -0.4 is 10.2 Å². The first kappa shape index (κ1) is 19.3. The van der Waals surface area contributed by atoms with Crippen LogP contribution in [0.15, 0.2) is 78.3 Å². The van der Waals surface area contributed by atoms with E-state index in [1.54, 1.807) is 11.3 Å². The zero-order valence-corrected chi connectivity index (χ0v) is 17.3. The van der Waals surface area contributed by atoms with E-state index in [1.165, 1.54) is 15.8 Å². The van der Waals surface area contributed by atoms with Gasteiger partial charge in [-0.15, -0.1) is 11.3 Å². The molecular weight excluding hydrogens is 378 g/mol. The van der Waals surface area contributed by atoms with Crippen molar-refractivity contribution in [1.82, 2.24) is 10.3 Å². The second kappa shape index (κ2) is 8.97. The third-order valence-corrected chi connectivity index (χ3v) is 6.21. The topological polar surface area (TPSA) is 48.1 Å². The van der Waals surface area contributed by atoms with Gasteiger partial charge in [0.2, 0.25) is 5.91 Å². The van der Waals surface area contributed by atoms with Gasteiger partial charge in [0, 0.05) is 46.7 Å². The van der Waals surface area contributed by atoms with E-state index in [0.717, 1.165) is 17.7 Å². The molecule has 29 heavy (non-hydrogen) atoms. The zero-order chi connectivity index (χ0) is 20.1. The van der Waals surface area contributed by atoms with Crippen LogP contribution in [0, 0.1) is 0 Å². The number of carbonyl (C=O) groups is 1. The molecule has 0 bridgehead atoms. The van der Waals surface area contributed by atoms with Crippen LogP contribution in [0.1, 0.15) is 23.3 Å². The molecule has 4 nitrogen and oxygen atoms in total. The summed E-state index contributed by atoms with van der Waals surface area (Å²) in [5.41, 5.74) is 3.41. The first-order chi connectivity index (χ1) is 14.3. The Kier molecular flexibility index (Phi) is 5.96. The lowest BCUT2D eigenvalue weighted by atomic mass is 9.96. The van der Waals surface area contributed by atoms with Crippen LogP contribution in [0.2, 0.25) is 0 Å². The van der Waals surface area contributed by atoms with Gasteiger partial charge in [0.05, 0.1) is 6.54 Å². The smallest absolute Gasteiger partial charge is 0.239 e. The van der Waals surface area contributed by atoms with Gasteiger partial charge in [-0.3, -0.25) is 4.79 Å². The van der Waals surface area contributed by atoms with Crippen LogP contribution >= 0.6 is 11.3 Å². The van der Waals surface area contributed by atoms with E-state index in [9.17, 15) is 4.79 Å². The number of likely N-dealkylation sites (N-methyl/N-ethyl adjacent to an activating group) is 1. The number of thiophene rings is 1. The fraction of sp³-hybridized carbons (Fsp3) is 0.208. The van der Waals surface area contributed by atoms with Crippen LogP contribution in [0.25, 0.3) is 10.9 Å². The predicted octanol–water partition coefficient (Wildman–Crippen LogP) is 5.00. The number of fused-ring (bicyclic) bond motifs is 1. The number of hydrogen-bond acceptors (Lipinski definition) is 3. The van der Waals surface area contributed by atoms with Crippen molar-refractivity contribution in [2.45, 2.75) is 12.8 Å². The summed E-state index contributed by atoms with van der Waals surface area (Å²) in [4.78, 5) is 19.4. The minimum Gasteiger partial charge on any atom is -0.363 e. The summed E-state index contributed by atoms with van der Waals surface area (Å²) in [6, 6.07) is 22.6. The highest BCUT2D eigenvalue weighted by Gasteiger charge is 2.20. The molecule has 4 rings (SSSR count). The maximum absolute atomic E-state index is 12.7. The normalized spacial score (nSPS) is 12.0. The maximum atomic E-state index is 12.7. The molecule has 2 heterocycles. The summed E-state index contributed by atoms with van der Waals surface area (Å²) in [7, 11) is 0. The second-order valence-electron chi connectivity index (χ2n) is 7.01. The number of anilines is 1. The summed E-state index contributed by atoms with van der Waals surface area (Å²) in [5.74, 6) is 0.166. The molecule has 2 aromatic heterocycles. The summed E-state index contributed by atoms with van der Waals surface area (Å²) < 4.78 is 0. The van der Waals surface area contributed by atoms with Crippen LogP contribution in [-0.2, 0) is 4.79 Å². The molecule has 2 aromatic carbocycles. The summed E-state index contributed by atoms with van der Waals surface area (Å²) in [6.07, 6.45) is 2.07. The Morgan fingerprint density at radius 1 is 1.07 bits per heavy atom. The van der Waals surface area contributed by atoms with Gasteiger partial charge < -0.3 is 15.2 Å². The van der Waals surface area contributed by atoms with Crippen LogP contribution in [0.4, 0.5) is 5.69 Å². The van der Waals surface area contributed by atoms with Crippen molar-refractivity contribution in [3.8, 4) is 0 Å². The standard InChI is InChI=1S/C24H25N3OS/c1-2-27(18-9-4-3-5-10-18)17-24(28)26-16-21(23-13-8-14-29-23)20-15-25-22-12-7-6-11-19(20)22/h3-15,21,25H,2,16-17H2,1H3,(H,26,28). The lowest BCUT2D eigenvalue weighted by Crippen LogP contribution is -2.38. The molecule has 2 N–H and O–H groups in total. The number of carbonyl (C=O) groups excluding carboxylic acids is 1. The average Bonchev–Trinajstić information content (AvgIpc) is 3.44. The summed E-state index contributed by atoms with van der Waals surface area (Å²) in [5, 5.41) is 6.47. The largest absolute Gasteiger partial charge is 0.363 e. The number of hydrogen-bond donors (Lipinski definition) is 2. The third kappa shape index (κ3) is 4.35. The lowest BCUT2D eigenvalue weighted by Gasteiger charge is -2.23. The Labute approximate surface area is 175 Å². The van der Waals surface area contributed by atoms with Crippen molar-refractivity contribution in [2.24, 2.45) is 0 Å². The molecule has 148 valence electrons. The molecule has 0 spiro atoms. The van der Waals surface area contributed by atoms with Crippen LogP contribution in [-0.4, -0.2) is 30.5 Å². The minimum absolute atomic E-state index is 0.0390. The van der Waals surface area contributed by atoms with E-state index in [-0.39, 0.29) is 11.8 Å². The highest BCUT2D eigenvalue weighted by molar-refractivity contribution is 7.10. The molecular formula is C24H25N3OS.